The van der Waals surface area contributed by atoms with Crippen molar-refractivity contribution in [2.45, 2.75) is 19.1 Å². The van der Waals surface area contributed by atoms with Crippen molar-refractivity contribution in [2.24, 2.45) is 14.1 Å². The molecule has 7 heteroatoms. The van der Waals surface area contributed by atoms with E-state index in [1.807, 2.05) is 16.8 Å². The molecule has 0 aliphatic heterocycles. The zero-order valence-corrected chi connectivity index (χ0v) is 13.1. The summed E-state index contributed by atoms with van der Waals surface area (Å²) in [6.07, 6.45) is 1.52. The average molecular weight is 309 g/mol. The van der Waals surface area contributed by atoms with E-state index in [1.54, 1.807) is 14.0 Å². The molecule has 0 saturated heterocycles. The van der Waals surface area contributed by atoms with Crippen molar-refractivity contribution in [3.63, 3.8) is 0 Å². The van der Waals surface area contributed by atoms with Gasteiger partial charge in [-0.15, -0.1) is 0 Å². The van der Waals surface area contributed by atoms with E-state index in [0.29, 0.717) is 18.7 Å². The van der Waals surface area contributed by atoms with Gasteiger partial charge in [0.2, 0.25) is 0 Å². The minimum atomic E-state index is -0.994. The fraction of sp³-hybridized carbons (Fsp3) is 0.429. The Balaban J connectivity index is 2.08. The number of thiophene rings is 1. The summed E-state index contributed by atoms with van der Waals surface area (Å²) >= 11 is 1.53. The molecule has 2 aromatic heterocycles. The molecule has 0 amide bonds. The lowest BCUT2D eigenvalue weighted by molar-refractivity contribution is 0.0570. The van der Waals surface area contributed by atoms with Gasteiger partial charge in [0.25, 0.3) is 5.56 Å². The fourth-order valence-corrected chi connectivity index (χ4v) is 2.90. The molecule has 0 aromatic carbocycles. The van der Waals surface area contributed by atoms with Crippen LogP contribution < -0.4 is 16.6 Å². The molecule has 0 saturated carbocycles. The van der Waals surface area contributed by atoms with Crippen molar-refractivity contribution in [1.29, 1.82) is 0 Å². The van der Waals surface area contributed by atoms with E-state index in [-0.39, 0.29) is 11.2 Å². The number of nitrogens with one attached hydrogen (secondary N) is 1. The lowest BCUT2D eigenvalue weighted by atomic mass is 9.99. The second-order valence-electron chi connectivity index (χ2n) is 5.30. The highest BCUT2D eigenvalue weighted by molar-refractivity contribution is 7.08. The molecule has 0 radical (unpaired) electrons. The van der Waals surface area contributed by atoms with E-state index in [9.17, 15) is 14.7 Å². The van der Waals surface area contributed by atoms with Gasteiger partial charge in [0.05, 0.1) is 5.60 Å². The molecule has 114 valence electrons. The SMILES string of the molecule is Cn1cc(CNCC(C)(O)c2ccsc2)c(=O)n(C)c1=O. The Kier molecular flexibility index (Phi) is 4.46. The highest BCUT2D eigenvalue weighted by atomic mass is 32.1. The highest BCUT2D eigenvalue weighted by Gasteiger charge is 2.23. The van der Waals surface area contributed by atoms with Gasteiger partial charge in [0.15, 0.2) is 0 Å². The molecular weight excluding hydrogens is 290 g/mol. The summed E-state index contributed by atoms with van der Waals surface area (Å²) in [6.45, 7) is 2.33. The molecule has 0 fully saturated rings. The maximum atomic E-state index is 12.0. The predicted octanol–water partition coefficient (Wildman–Crippen LogP) is 0.143. The average Bonchev–Trinajstić information content (AvgIpc) is 2.97. The van der Waals surface area contributed by atoms with E-state index >= 15 is 0 Å². The predicted molar refractivity (Wildman–Crippen MR) is 82.5 cm³/mol. The van der Waals surface area contributed by atoms with E-state index in [1.165, 1.54) is 29.1 Å². The van der Waals surface area contributed by atoms with Crippen molar-refractivity contribution in [2.75, 3.05) is 6.54 Å². The number of rotatable bonds is 5. The zero-order chi connectivity index (χ0) is 15.6. The smallest absolute Gasteiger partial charge is 0.330 e. The Morgan fingerprint density at radius 2 is 2.10 bits per heavy atom. The van der Waals surface area contributed by atoms with E-state index in [2.05, 4.69) is 5.32 Å². The first kappa shape index (κ1) is 15.7. The Hall–Kier alpha value is -1.70. The van der Waals surface area contributed by atoms with Crippen LogP contribution in [0.15, 0.2) is 32.6 Å². The van der Waals surface area contributed by atoms with Gasteiger partial charge in [-0.3, -0.25) is 9.36 Å². The quantitative estimate of drug-likeness (QED) is 0.824. The number of hydrogen-bond acceptors (Lipinski definition) is 5. The van der Waals surface area contributed by atoms with Gasteiger partial charge in [-0.25, -0.2) is 4.79 Å². The summed E-state index contributed by atoms with van der Waals surface area (Å²) in [7, 11) is 3.06. The van der Waals surface area contributed by atoms with E-state index in [0.717, 1.165) is 10.1 Å². The van der Waals surface area contributed by atoms with Crippen molar-refractivity contribution in [1.82, 2.24) is 14.5 Å². The lowest BCUT2D eigenvalue weighted by Gasteiger charge is -2.23. The van der Waals surface area contributed by atoms with Crippen LogP contribution in [-0.4, -0.2) is 20.8 Å². The minimum Gasteiger partial charge on any atom is -0.384 e. The monoisotopic (exact) mass is 309 g/mol. The van der Waals surface area contributed by atoms with Gasteiger partial charge in [0, 0.05) is 38.9 Å². The second-order valence-corrected chi connectivity index (χ2v) is 6.08. The molecule has 6 nitrogen and oxygen atoms in total. The van der Waals surface area contributed by atoms with Gasteiger partial charge >= 0.3 is 5.69 Å². The van der Waals surface area contributed by atoms with Crippen LogP contribution in [-0.2, 0) is 26.2 Å². The summed E-state index contributed by atoms with van der Waals surface area (Å²) < 4.78 is 2.45. The minimum absolute atomic E-state index is 0.293. The molecule has 2 N–H and O–H groups in total. The first-order chi connectivity index (χ1) is 9.83. The maximum absolute atomic E-state index is 12.0. The molecule has 2 heterocycles. The highest BCUT2D eigenvalue weighted by Crippen LogP contribution is 2.21. The molecule has 2 aromatic rings. The third kappa shape index (κ3) is 3.31. The maximum Gasteiger partial charge on any atom is 0.330 e. The number of hydrogen-bond donors (Lipinski definition) is 2. The fourth-order valence-electron chi connectivity index (χ4n) is 2.12. The molecule has 0 aliphatic carbocycles. The number of aryl methyl sites for hydroxylation is 1. The molecule has 0 aliphatic rings. The van der Waals surface area contributed by atoms with Crippen LogP contribution in [0.2, 0.25) is 0 Å². The van der Waals surface area contributed by atoms with Crippen LogP contribution in [0, 0.1) is 0 Å². The Bertz CT molecular complexity index is 729. The third-order valence-corrected chi connectivity index (χ3v) is 4.13. The number of aliphatic hydroxyl groups is 1. The van der Waals surface area contributed by atoms with Crippen molar-refractivity contribution in [3.05, 3.63) is 55.0 Å². The summed E-state index contributed by atoms with van der Waals surface area (Å²) in [5, 5.41) is 17.3. The molecule has 21 heavy (non-hydrogen) atoms. The largest absolute Gasteiger partial charge is 0.384 e. The van der Waals surface area contributed by atoms with Crippen LogP contribution in [0.3, 0.4) is 0 Å². The first-order valence-corrected chi connectivity index (χ1v) is 7.48. The Morgan fingerprint density at radius 3 is 2.71 bits per heavy atom. The van der Waals surface area contributed by atoms with Gasteiger partial charge in [0.1, 0.15) is 0 Å². The van der Waals surface area contributed by atoms with Crippen LogP contribution in [0.4, 0.5) is 0 Å². The molecule has 0 bridgehead atoms. The molecule has 1 atom stereocenters. The summed E-state index contributed by atoms with van der Waals surface area (Å²) in [4.78, 5) is 23.6. The van der Waals surface area contributed by atoms with Crippen LogP contribution >= 0.6 is 11.3 Å². The number of aromatic nitrogens is 2. The first-order valence-electron chi connectivity index (χ1n) is 6.54. The molecule has 1 unspecified atom stereocenters. The lowest BCUT2D eigenvalue weighted by Crippen LogP contribution is -2.41. The third-order valence-electron chi connectivity index (χ3n) is 3.45. The Labute approximate surface area is 126 Å². The second kappa shape index (κ2) is 5.97. The van der Waals surface area contributed by atoms with Crippen LogP contribution in [0.25, 0.3) is 0 Å². The summed E-state index contributed by atoms with van der Waals surface area (Å²) in [5.74, 6) is 0. The van der Waals surface area contributed by atoms with Crippen LogP contribution in [0.5, 0.6) is 0 Å². The summed E-state index contributed by atoms with van der Waals surface area (Å²) in [5.41, 5.74) is -0.338. The standard InChI is InChI=1S/C14H19N3O3S/c1-14(20,11-4-5-21-8-11)9-15-6-10-7-16(2)13(19)17(3)12(10)18/h4-5,7-8,15,20H,6,9H2,1-3H3. The Morgan fingerprint density at radius 1 is 1.38 bits per heavy atom. The van der Waals surface area contributed by atoms with Gasteiger partial charge in [-0.2, -0.15) is 11.3 Å². The topological polar surface area (TPSA) is 76.3 Å². The normalized spacial score (nSPS) is 14.1. The van der Waals surface area contributed by atoms with E-state index in [4.69, 9.17) is 0 Å². The molecular formula is C14H19N3O3S. The zero-order valence-electron chi connectivity index (χ0n) is 12.3. The summed E-state index contributed by atoms with van der Waals surface area (Å²) in [6, 6.07) is 1.87. The van der Waals surface area contributed by atoms with Gasteiger partial charge in [-0.05, 0) is 29.3 Å². The van der Waals surface area contributed by atoms with E-state index < -0.39 is 5.60 Å². The number of nitrogens with zero attached hydrogens (tertiary/aromatic N) is 2. The van der Waals surface area contributed by atoms with Crippen molar-refractivity contribution < 1.29 is 5.11 Å². The molecule has 0 spiro atoms. The van der Waals surface area contributed by atoms with Gasteiger partial charge < -0.3 is 15.0 Å². The van der Waals surface area contributed by atoms with Crippen molar-refractivity contribution in [3.8, 4) is 0 Å². The van der Waals surface area contributed by atoms with Crippen molar-refractivity contribution >= 4 is 11.3 Å². The van der Waals surface area contributed by atoms with Crippen LogP contribution in [0.1, 0.15) is 18.1 Å². The van der Waals surface area contributed by atoms with Gasteiger partial charge in [-0.1, -0.05) is 0 Å². The molecule has 2 rings (SSSR count).